The smallest absolute Gasteiger partial charge is 0.374 e. The summed E-state index contributed by atoms with van der Waals surface area (Å²) < 4.78 is 51.6. The first-order valence-electron chi connectivity index (χ1n) is 7.29. The molecule has 0 atom stereocenters. The van der Waals surface area contributed by atoms with Crippen molar-refractivity contribution in [3.63, 3.8) is 0 Å². The average Bonchev–Trinajstić information content (AvgIpc) is 2.97. The van der Waals surface area contributed by atoms with Crippen LogP contribution < -0.4 is 0 Å². The second-order valence-electron chi connectivity index (χ2n) is 5.51. The summed E-state index contributed by atoms with van der Waals surface area (Å²) >= 11 is 0. The van der Waals surface area contributed by atoms with Crippen LogP contribution in [0.4, 0.5) is 13.2 Å². The second kappa shape index (κ2) is 6.12. The van der Waals surface area contributed by atoms with Gasteiger partial charge < -0.3 is 9.15 Å². The van der Waals surface area contributed by atoms with E-state index in [4.69, 9.17) is 9.15 Å². The number of halogens is 3. The highest BCUT2D eigenvalue weighted by Crippen LogP contribution is 2.38. The molecule has 0 unspecified atom stereocenters. The van der Waals surface area contributed by atoms with E-state index in [0.717, 1.165) is 6.07 Å². The predicted molar refractivity (Wildman–Crippen MR) is 87.6 cm³/mol. The SMILES string of the molecule is C=C(C)c1c(C(=O)OC)oc2c(-c3cc(F)cc(F)c3F)cccc12. The Hall–Kier alpha value is -3.02. The van der Waals surface area contributed by atoms with Gasteiger partial charge in [-0.2, -0.15) is 0 Å². The van der Waals surface area contributed by atoms with E-state index in [0.29, 0.717) is 22.6 Å². The Kier molecular flexibility index (Phi) is 4.12. The van der Waals surface area contributed by atoms with E-state index in [9.17, 15) is 18.0 Å². The normalized spacial score (nSPS) is 10.9. The molecule has 0 bridgehead atoms. The average molecular weight is 346 g/mol. The first-order valence-corrected chi connectivity index (χ1v) is 7.29. The van der Waals surface area contributed by atoms with E-state index in [-0.39, 0.29) is 22.5 Å². The van der Waals surface area contributed by atoms with Crippen LogP contribution in [0.15, 0.2) is 41.3 Å². The van der Waals surface area contributed by atoms with Crippen LogP contribution in [0.1, 0.15) is 23.0 Å². The van der Waals surface area contributed by atoms with E-state index >= 15 is 0 Å². The van der Waals surface area contributed by atoms with Gasteiger partial charge in [-0.25, -0.2) is 18.0 Å². The number of rotatable bonds is 3. The van der Waals surface area contributed by atoms with E-state index in [1.54, 1.807) is 19.1 Å². The van der Waals surface area contributed by atoms with Crippen molar-refractivity contribution in [1.82, 2.24) is 0 Å². The molecule has 0 fully saturated rings. The fourth-order valence-electron chi connectivity index (χ4n) is 2.74. The van der Waals surface area contributed by atoms with Gasteiger partial charge in [-0.1, -0.05) is 24.8 Å². The zero-order valence-corrected chi connectivity index (χ0v) is 13.5. The highest BCUT2D eigenvalue weighted by Gasteiger charge is 2.25. The van der Waals surface area contributed by atoms with Crippen LogP contribution in [0.5, 0.6) is 0 Å². The third kappa shape index (κ3) is 2.69. The molecule has 1 aromatic heterocycles. The third-order valence-electron chi connectivity index (χ3n) is 3.80. The number of allylic oxidation sites excluding steroid dienone is 1. The number of fused-ring (bicyclic) bond motifs is 1. The zero-order chi connectivity index (χ0) is 18.3. The van der Waals surface area contributed by atoms with Crippen molar-refractivity contribution in [3.8, 4) is 11.1 Å². The van der Waals surface area contributed by atoms with E-state index in [1.807, 2.05) is 0 Å². The molecule has 2 aromatic carbocycles. The summed E-state index contributed by atoms with van der Waals surface area (Å²) in [5, 5.41) is 0.467. The highest BCUT2D eigenvalue weighted by molar-refractivity contribution is 6.06. The van der Waals surface area contributed by atoms with Crippen molar-refractivity contribution in [1.29, 1.82) is 0 Å². The molecule has 3 nitrogen and oxygen atoms in total. The van der Waals surface area contributed by atoms with Gasteiger partial charge in [0.05, 0.1) is 7.11 Å². The third-order valence-corrected chi connectivity index (χ3v) is 3.80. The Morgan fingerprint density at radius 3 is 2.52 bits per heavy atom. The molecule has 0 spiro atoms. The number of hydrogen-bond donors (Lipinski definition) is 0. The van der Waals surface area contributed by atoms with Gasteiger partial charge in [0.15, 0.2) is 11.6 Å². The standard InChI is InChI=1S/C19H13F3O3/c1-9(2)15-12-6-4-5-11(17(12)25-18(15)19(23)24-3)13-7-10(20)8-14(21)16(13)22/h4-8H,1H2,2-3H3. The number of methoxy groups -OCH3 is 1. The van der Waals surface area contributed by atoms with Gasteiger partial charge in [0.2, 0.25) is 5.76 Å². The molecule has 6 heteroatoms. The maximum atomic E-state index is 14.2. The molecule has 3 rings (SSSR count). The number of benzene rings is 2. The number of para-hydroxylation sites is 1. The van der Waals surface area contributed by atoms with E-state index in [2.05, 4.69) is 6.58 Å². The first kappa shape index (κ1) is 16.8. The van der Waals surface area contributed by atoms with E-state index < -0.39 is 23.4 Å². The van der Waals surface area contributed by atoms with Crippen molar-refractivity contribution in [2.24, 2.45) is 0 Å². The van der Waals surface area contributed by atoms with Crippen LogP contribution >= 0.6 is 0 Å². The molecule has 0 aliphatic rings. The molecular formula is C19H13F3O3. The van der Waals surface area contributed by atoms with Crippen LogP contribution in [-0.2, 0) is 4.74 Å². The van der Waals surface area contributed by atoms with Crippen molar-refractivity contribution in [2.45, 2.75) is 6.92 Å². The molecular weight excluding hydrogens is 333 g/mol. The molecule has 0 N–H and O–H groups in total. The molecule has 0 aliphatic carbocycles. The second-order valence-corrected chi connectivity index (χ2v) is 5.51. The largest absolute Gasteiger partial charge is 0.463 e. The summed E-state index contributed by atoms with van der Waals surface area (Å²) in [6.45, 7) is 5.48. The summed E-state index contributed by atoms with van der Waals surface area (Å²) in [7, 11) is 1.19. The fraction of sp³-hybridized carbons (Fsp3) is 0.105. The minimum absolute atomic E-state index is 0.102. The molecule has 1 heterocycles. The van der Waals surface area contributed by atoms with Gasteiger partial charge >= 0.3 is 5.97 Å². The molecule has 128 valence electrons. The van der Waals surface area contributed by atoms with Gasteiger partial charge in [-0.3, -0.25) is 0 Å². The first-order chi connectivity index (χ1) is 11.8. The molecule has 0 saturated carbocycles. The van der Waals surface area contributed by atoms with Crippen LogP contribution in [-0.4, -0.2) is 13.1 Å². The fourth-order valence-corrected chi connectivity index (χ4v) is 2.74. The molecule has 0 aliphatic heterocycles. The number of carbonyl (C=O) groups excluding carboxylic acids is 1. The van der Waals surface area contributed by atoms with Crippen molar-refractivity contribution in [2.75, 3.05) is 7.11 Å². The quantitative estimate of drug-likeness (QED) is 0.475. The number of hydrogen-bond acceptors (Lipinski definition) is 3. The molecule has 25 heavy (non-hydrogen) atoms. The zero-order valence-electron chi connectivity index (χ0n) is 13.5. The molecule has 3 aromatic rings. The Balaban J connectivity index is 2.40. The summed E-state index contributed by atoms with van der Waals surface area (Å²) in [5.41, 5.74) is 0.862. The Bertz CT molecular complexity index is 1020. The number of furan rings is 1. The minimum Gasteiger partial charge on any atom is -0.463 e. The lowest BCUT2D eigenvalue weighted by molar-refractivity contribution is 0.0567. The van der Waals surface area contributed by atoms with Crippen LogP contribution in [0, 0.1) is 17.5 Å². The van der Waals surface area contributed by atoms with E-state index in [1.165, 1.54) is 13.2 Å². The lowest BCUT2D eigenvalue weighted by Gasteiger charge is -2.06. The van der Waals surface area contributed by atoms with Gasteiger partial charge in [-0.05, 0) is 18.6 Å². The Morgan fingerprint density at radius 2 is 1.88 bits per heavy atom. The molecule has 0 radical (unpaired) electrons. The van der Waals surface area contributed by atoms with Crippen LogP contribution in [0.25, 0.3) is 27.7 Å². The topological polar surface area (TPSA) is 39.4 Å². The Morgan fingerprint density at radius 1 is 1.16 bits per heavy atom. The number of carbonyl (C=O) groups is 1. The summed E-state index contributed by atoms with van der Waals surface area (Å²) in [6.07, 6.45) is 0. The monoisotopic (exact) mass is 346 g/mol. The highest BCUT2D eigenvalue weighted by atomic mass is 19.2. The van der Waals surface area contributed by atoms with Crippen molar-refractivity contribution >= 4 is 22.5 Å². The van der Waals surface area contributed by atoms with Crippen LogP contribution in [0.2, 0.25) is 0 Å². The Labute approximate surface area is 141 Å². The summed E-state index contributed by atoms with van der Waals surface area (Å²) in [4.78, 5) is 12.0. The number of esters is 1. The lowest BCUT2D eigenvalue weighted by atomic mass is 9.99. The van der Waals surface area contributed by atoms with Gasteiger partial charge in [0, 0.05) is 28.1 Å². The van der Waals surface area contributed by atoms with Crippen molar-refractivity contribution < 1.29 is 27.1 Å². The minimum atomic E-state index is -1.31. The lowest BCUT2D eigenvalue weighted by Crippen LogP contribution is -2.01. The molecule has 0 amide bonds. The summed E-state index contributed by atoms with van der Waals surface area (Å²) in [6, 6.07) is 6.00. The van der Waals surface area contributed by atoms with Gasteiger partial charge in [0.1, 0.15) is 11.4 Å². The molecule has 0 saturated heterocycles. The predicted octanol–water partition coefficient (Wildman–Crippen LogP) is 5.34. The van der Waals surface area contributed by atoms with Gasteiger partial charge in [-0.15, -0.1) is 0 Å². The van der Waals surface area contributed by atoms with Gasteiger partial charge in [0.25, 0.3) is 0 Å². The maximum absolute atomic E-state index is 14.2. The van der Waals surface area contributed by atoms with Crippen LogP contribution in [0.3, 0.4) is 0 Å². The van der Waals surface area contributed by atoms with Crippen molar-refractivity contribution in [3.05, 3.63) is 65.7 Å². The maximum Gasteiger partial charge on any atom is 0.374 e. The number of ether oxygens (including phenoxy) is 1. The summed E-state index contributed by atoms with van der Waals surface area (Å²) in [5.74, 6) is -4.28.